The molecule has 1 fully saturated rings. The molecule has 1 aliphatic rings. The van der Waals surface area contributed by atoms with Crippen LogP contribution in [-0.4, -0.2) is 40.7 Å². The van der Waals surface area contributed by atoms with E-state index in [4.69, 9.17) is 0 Å². The molecule has 0 saturated carbocycles. The van der Waals surface area contributed by atoms with Crippen LogP contribution >= 0.6 is 12.4 Å². The van der Waals surface area contributed by atoms with Crippen LogP contribution in [0, 0.1) is 13.8 Å². The molecule has 0 aliphatic carbocycles. The number of nitrogens with one attached hydrogen (secondary N) is 1. The number of nitrogens with zero attached hydrogens (tertiary/aromatic N) is 3. The maximum Gasteiger partial charge on any atom is 0.237 e. The first-order valence-corrected chi connectivity index (χ1v) is 6.50. The minimum Gasteiger partial charge on any atom is -0.334 e. The van der Waals surface area contributed by atoms with Crippen molar-refractivity contribution in [2.75, 3.05) is 20.1 Å². The van der Waals surface area contributed by atoms with Gasteiger partial charge in [-0.05, 0) is 33.7 Å². The van der Waals surface area contributed by atoms with Crippen molar-refractivity contribution in [3.8, 4) is 0 Å². The topological polar surface area (TPSA) is 50.2 Å². The molecule has 6 heteroatoms. The Kier molecular flexibility index (Phi) is 5.38. The van der Waals surface area contributed by atoms with Gasteiger partial charge in [0.05, 0.1) is 18.3 Å². The molecule has 5 nitrogen and oxygen atoms in total. The van der Waals surface area contributed by atoms with Crippen LogP contribution in [0.5, 0.6) is 0 Å². The lowest BCUT2D eigenvalue weighted by molar-refractivity contribution is -0.131. The fourth-order valence-corrected chi connectivity index (χ4v) is 2.89. The van der Waals surface area contributed by atoms with E-state index in [-0.39, 0.29) is 24.4 Å². The van der Waals surface area contributed by atoms with Gasteiger partial charge in [0.1, 0.15) is 0 Å². The van der Waals surface area contributed by atoms with E-state index < -0.39 is 0 Å². The third-order valence-electron chi connectivity index (χ3n) is 3.80. The third kappa shape index (κ3) is 2.92. The smallest absolute Gasteiger partial charge is 0.237 e. The van der Waals surface area contributed by atoms with Crippen molar-refractivity contribution >= 4 is 18.3 Å². The average molecular weight is 287 g/mol. The average Bonchev–Trinajstić information content (AvgIpc) is 2.86. The summed E-state index contributed by atoms with van der Waals surface area (Å²) >= 11 is 0. The SMILES string of the molecule is CNCC(=O)N1CCCC1c1c(C)nn(C)c1C.Cl. The second kappa shape index (κ2) is 6.39. The number of amides is 1. The molecule has 2 rings (SSSR count). The predicted octanol–water partition coefficient (Wildman–Crippen LogP) is 1.34. The maximum atomic E-state index is 12.1. The van der Waals surface area contributed by atoms with Crippen molar-refractivity contribution in [2.24, 2.45) is 7.05 Å². The van der Waals surface area contributed by atoms with Crippen LogP contribution in [0.25, 0.3) is 0 Å². The molecule has 1 saturated heterocycles. The van der Waals surface area contributed by atoms with Gasteiger partial charge >= 0.3 is 0 Å². The summed E-state index contributed by atoms with van der Waals surface area (Å²) in [6.45, 7) is 5.38. The summed E-state index contributed by atoms with van der Waals surface area (Å²) in [5.74, 6) is 0.183. The first kappa shape index (κ1) is 16.0. The summed E-state index contributed by atoms with van der Waals surface area (Å²) in [6.07, 6.45) is 2.12. The van der Waals surface area contributed by atoms with Gasteiger partial charge in [-0.25, -0.2) is 0 Å². The van der Waals surface area contributed by atoms with Gasteiger partial charge in [0, 0.05) is 24.8 Å². The van der Waals surface area contributed by atoms with Crippen LogP contribution in [0.1, 0.15) is 35.8 Å². The number of likely N-dealkylation sites (N-methyl/N-ethyl adjacent to an activating group) is 1. The number of likely N-dealkylation sites (tertiary alicyclic amines) is 1. The number of aryl methyl sites for hydroxylation is 2. The van der Waals surface area contributed by atoms with Crippen LogP contribution < -0.4 is 5.32 Å². The second-order valence-corrected chi connectivity index (χ2v) is 4.98. The molecule has 1 atom stereocenters. The number of halogens is 1. The molecule has 0 aromatic carbocycles. The number of rotatable bonds is 3. The lowest BCUT2D eigenvalue weighted by atomic mass is 10.0. The zero-order chi connectivity index (χ0) is 13.3. The monoisotopic (exact) mass is 286 g/mol. The van der Waals surface area contributed by atoms with Gasteiger partial charge in [-0.1, -0.05) is 0 Å². The van der Waals surface area contributed by atoms with Crippen LogP contribution in [0.3, 0.4) is 0 Å². The van der Waals surface area contributed by atoms with E-state index >= 15 is 0 Å². The summed E-state index contributed by atoms with van der Waals surface area (Å²) in [4.78, 5) is 14.1. The van der Waals surface area contributed by atoms with Crippen LogP contribution in [0.2, 0.25) is 0 Å². The third-order valence-corrected chi connectivity index (χ3v) is 3.80. The Hall–Kier alpha value is -1.07. The Morgan fingerprint density at radius 1 is 1.47 bits per heavy atom. The minimum atomic E-state index is 0. The molecular formula is C13H23ClN4O. The molecule has 2 heterocycles. The zero-order valence-electron chi connectivity index (χ0n) is 12.1. The fraction of sp³-hybridized carbons (Fsp3) is 0.692. The normalized spacial score (nSPS) is 18.5. The number of hydrogen-bond acceptors (Lipinski definition) is 3. The lowest BCUT2D eigenvalue weighted by Crippen LogP contribution is -2.37. The van der Waals surface area contributed by atoms with Crippen LogP contribution in [0.15, 0.2) is 0 Å². The highest BCUT2D eigenvalue weighted by atomic mass is 35.5. The summed E-state index contributed by atoms with van der Waals surface area (Å²) in [7, 11) is 3.77. The van der Waals surface area contributed by atoms with E-state index in [0.717, 1.165) is 25.1 Å². The molecule has 1 aromatic heterocycles. The van der Waals surface area contributed by atoms with Gasteiger partial charge < -0.3 is 10.2 Å². The number of carbonyl (C=O) groups excluding carboxylic acids is 1. The Morgan fingerprint density at radius 3 is 2.68 bits per heavy atom. The molecule has 0 spiro atoms. The van der Waals surface area contributed by atoms with Gasteiger partial charge in [0.2, 0.25) is 5.91 Å². The quantitative estimate of drug-likeness (QED) is 0.912. The first-order chi connectivity index (χ1) is 8.56. The largest absolute Gasteiger partial charge is 0.334 e. The van der Waals surface area contributed by atoms with Gasteiger partial charge in [-0.2, -0.15) is 5.10 Å². The standard InChI is InChI=1S/C13H22N4O.ClH/c1-9-13(10(2)16(4)15-9)11-6-5-7-17(11)12(18)8-14-3;/h11,14H,5-8H2,1-4H3;1H. The highest BCUT2D eigenvalue weighted by Crippen LogP contribution is 2.35. The Morgan fingerprint density at radius 2 is 2.16 bits per heavy atom. The summed E-state index contributed by atoms with van der Waals surface area (Å²) in [5, 5.41) is 7.40. The molecular weight excluding hydrogens is 264 g/mol. The van der Waals surface area contributed by atoms with E-state index in [0.29, 0.717) is 6.54 Å². The first-order valence-electron chi connectivity index (χ1n) is 6.50. The molecule has 1 N–H and O–H groups in total. The van der Waals surface area contributed by atoms with Crippen LogP contribution in [-0.2, 0) is 11.8 Å². The minimum absolute atomic E-state index is 0. The van der Waals surface area contributed by atoms with Gasteiger partial charge in [-0.3, -0.25) is 9.48 Å². The molecule has 1 amide bonds. The fourth-order valence-electron chi connectivity index (χ4n) is 2.89. The summed E-state index contributed by atoms with van der Waals surface area (Å²) in [6, 6.07) is 0.208. The summed E-state index contributed by atoms with van der Waals surface area (Å²) in [5.41, 5.74) is 3.45. The van der Waals surface area contributed by atoms with Crippen LogP contribution in [0.4, 0.5) is 0 Å². The second-order valence-electron chi connectivity index (χ2n) is 4.98. The van der Waals surface area contributed by atoms with Crippen molar-refractivity contribution in [2.45, 2.75) is 32.7 Å². The van der Waals surface area contributed by atoms with E-state index in [1.165, 1.54) is 11.3 Å². The van der Waals surface area contributed by atoms with Crippen molar-refractivity contribution in [3.05, 3.63) is 17.0 Å². The van der Waals surface area contributed by atoms with E-state index in [1.54, 1.807) is 0 Å². The van der Waals surface area contributed by atoms with Crippen molar-refractivity contribution in [3.63, 3.8) is 0 Å². The highest BCUT2D eigenvalue weighted by molar-refractivity contribution is 5.85. The number of aromatic nitrogens is 2. The molecule has 19 heavy (non-hydrogen) atoms. The molecule has 1 aliphatic heterocycles. The highest BCUT2D eigenvalue weighted by Gasteiger charge is 2.32. The zero-order valence-corrected chi connectivity index (χ0v) is 12.9. The number of carbonyl (C=O) groups is 1. The van der Waals surface area contributed by atoms with Gasteiger partial charge in [0.25, 0.3) is 0 Å². The summed E-state index contributed by atoms with van der Waals surface area (Å²) < 4.78 is 1.91. The lowest BCUT2D eigenvalue weighted by Gasteiger charge is -2.25. The van der Waals surface area contributed by atoms with Gasteiger partial charge in [-0.15, -0.1) is 12.4 Å². The molecule has 1 unspecified atom stereocenters. The van der Waals surface area contributed by atoms with Crippen molar-refractivity contribution in [1.82, 2.24) is 20.0 Å². The molecule has 0 bridgehead atoms. The van der Waals surface area contributed by atoms with Crippen molar-refractivity contribution < 1.29 is 4.79 Å². The Balaban J connectivity index is 0.00000180. The Bertz CT molecular complexity index is 458. The van der Waals surface area contributed by atoms with E-state index in [1.807, 2.05) is 30.6 Å². The van der Waals surface area contributed by atoms with E-state index in [2.05, 4.69) is 17.3 Å². The molecule has 108 valence electrons. The molecule has 1 aromatic rings. The maximum absolute atomic E-state index is 12.1. The van der Waals surface area contributed by atoms with Gasteiger partial charge in [0.15, 0.2) is 0 Å². The number of hydrogen-bond donors (Lipinski definition) is 1. The predicted molar refractivity (Wildman–Crippen MR) is 77.5 cm³/mol. The Labute approximate surface area is 120 Å². The molecule has 0 radical (unpaired) electrons. The van der Waals surface area contributed by atoms with Crippen molar-refractivity contribution in [1.29, 1.82) is 0 Å². The van der Waals surface area contributed by atoms with E-state index in [9.17, 15) is 4.79 Å².